The van der Waals surface area contributed by atoms with E-state index < -0.39 is 6.04 Å². The van der Waals surface area contributed by atoms with E-state index in [1.54, 1.807) is 0 Å². The van der Waals surface area contributed by atoms with Crippen LogP contribution < -0.4 is 11.1 Å². The average Bonchev–Trinajstić information content (AvgIpc) is 2.43. The van der Waals surface area contributed by atoms with Gasteiger partial charge in [-0.05, 0) is 30.2 Å². The van der Waals surface area contributed by atoms with Gasteiger partial charge in [-0.3, -0.25) is 4.79 Å². The van der Waals surface area contributed by atoms with Crippen molar-refractivity contribution in [2.75, 3.05) is 6.54 Å². The third-order valence-electron chi connectivity index (χ3n) is 3.62. The van der Waals surface area contributed by atoms with Gasteiger partial charge in [0, 0.05) is 6.54 Å². The highest BCUT2D eigenvalue weighted by atomic mass is 16.2. The fraction of sp³-hybridized carbons (Fsp3) is 0.562. The number of hydrogen-bond donors (Lipinski definition) is 2. The predicted molar refractivity (Wildman–Crippen MR) is 79.8 cm³/mol. The number of carbonyl (C=O) groups is 1. The number of benzene rings is 1. The monoisotopic (exact) mass is 262 g/mol. The number of nitrogens with one attached hydrogen (secondary N) is 1. The van der Waals surface area contributed by atoms with Gasteiger partial charge in [0.15, 0.2) is 0 Å². The highest BCUT2D eigenvalue weighted by molar-refractivity contribution is 5.81. The van der Waals surface area contributed by atoms with Crippen LogP contribution in [-0.4, -0.2) is 18.5 Å². The maximum atomic E-state index is 11.9. The van der Waals surface area contributed by atoms with E-state index in [0.717, 1.165) is 12.8 Å². The second-order valence-corrected chi connectivity index (χ2v) is 5.87. The molecule has 106 valence electrons. The summed E-state index contributed by atoms with van der Waals surface area (Å²) in [5, 5.41) is 2.95. The summed E-state index contributed by atoms with van der Waals surface area (Å²) in [4.78, 5) is 11.9. The molecule has 0 bridgehead atoms. The molecule has 1 aromatic rings. The summed E-state index contributed by atoms with van der Waals surface area (Å²) in [5.74, 6) is -0.0440. The highest BCUT2D eigenvalue weighted by Gasteiger charge is 2.19. The highest BCUT2D eigenvalue weighted by Crippen LogP contribution is 2.17. The largest absolute Gasteiger partial charge is 0.354 e. The van der Waals surface area contributed by atoms with Crippen molar-refractivity contribution in [3.63, 3.8) is 0 Å². The van der Waals surface area contributed by atoms with Gasteiger partial charge in [-0.2, -0.15) is 0 Å². The Bertz CT molecular complexity index is 387. The number of amides is 1. The van der Waals surface area contributed by atoms with Gasteiger partial charge in [-0.15, -0.1) is 0 Å². The van der Waals surface area contributed by atoms with Crippen molar-refractivity contribution < 1.29 is 4.79 Å². The van der Waals surface area contributed by atoms with Crippen LogP contribution in [0.5, 0.6) is 0 Å². The summed E-state index contributed by atoms with van der Waals surface area (Å²) in [6.45, 7) is 7.09. The minimum absolute atomic E-state index is 0.0440. The van der Waals surface area contributed by atoms with Crippen LogP contribution in [-0.2, 0) is 11.2 Å². The maximum Gasteiger partial charge on any atom is 0.236 e. The lowest BCUT2D eigenvalue weighted by Gasteiger charge is -2.24. The van der Waals surface area contributed by atoms with Gasteiger partial charge in [-0.25, -0.2) is 0 Å². The van der Waals surface area contributed by atoms with Crippen molar-refractivity contribution in [2.24, 2.45) is 11.1 Å². The Morgan fingerprint density at radius 2 is 1.95 bits per heavy atom. The lowest BCUT2D eigenvalue weighted by atomic mass is 9.90. The molecule has 1 amide bonds. The summed E-state index contributed by atoms with van der Waals surface area (Å²) in [6, 6.07) is 9.70. The van der Waals surface area contributed by atoms with Crippen LogP contribution in [0.2, 0.25) is 0 Å². The molecule has 1 unspecified atom stereocenters. The van der Waals surface area contributed by atoms with Crippen molar-refractivity contribution in [1.82, 2.24) is 5.32 Å². The first-order valence-corrected chi connectivity index (χ1v) is 7.02. The SMILES string of the molecule is CCC(C)(C)CNC(=O)C(N)CCc1ccccc1. The quantitative estimate of drug-likeness (QED) is 0.793. The van der Waals surface area contributed by atoms with Crippen LogP contribution in [0.4, 0.5) is 0 Å². The number of aryl methyl sites for hydroxylation is 1. The van der Waals surface area contributed by atoms with E-state index in [1.165, 1.54) is 5.56 Å². The number of carbonyl (C=O) groups excluding carboxylic acids is 1. The Balaban J connectivity index is 2.33. The molecule has 0 aliphatic rings. The lowest BCUT2D eigenvalue weighted by Crippen LogP contribution is -2.44. The van der Waals surface area contributed by atoms with E-state index in [-0.39, 0.29) is 11.3 Å². The van der Waals surface area contributed by atoms with Crippen molar-refractivity contribution >= 4 is 5.91 Å². The Morgan fingerprint density at radius 3 is 2.53 bits per heavy atom. The molecule has 0 saturated carbocycles. The standard InChI is InChI=1S/C16H26N2O/c1-4-16(2,3)12-18-15(19)14(17)11-10-13-8-6-5-7-9-13/h5-9,14H,4,10-12,17H2,1-3H3,(H,18,19). The van der Waals surface area contributed by atoms with Gasteiger partial charge in [0.25, 0.3) is 0 Å². The molecule has 1 aromatic carbocycles. The molecule has 3 nitrogen and oxygen atoms in total. The van der Waals surface area contributed by atoms with Gasteiger partial charge in [0.1, 0.15) is 0 Å². The van der Waals surface area contributed by atoms with E-state index in [4.69, 9.17) is 5.73 Å². The first kappa shape index (κ1) is 15.7. The molecule has 0 aliphatic heterocycles. The van der Waals surface area contributed by atoms with E-state index in [2.05, 4.69) is 38.2 Å². The van der Waals surface area contributed by atoms with Crippen LogP contribution in [0.3, 0.4) is 0 Å². The van der Waals surface area contributed by atoms with Crippen molar-refractivity contribution in [3.05, 3.63) is 35.9 Å². The molecule has 0 spiro atoms. The molecule has 0 radical (unpaired) electrons. The zero-order valence-electron chi connectivity index (χ0n) is 12.3. The Morgan fingerprint density at radius 1 is 1.32 bits per heavy atom. The Hall–Kier alpha value is -1.35. The molecule has 0 aromatic heterocycles. The van der Waals surface area contributed by atoms with Gasteiger partial charge in [0.05, 0.1) is 6.04 Å². The summed E-state index contributed by atoms with van der Waals surface area (Å²) < 4.78 is 0. The Labute approximate surface area is 116 Å². The molecule has 3 heteroatoms. The van der Waals surface area contributed by atoms with Crippen LogP contribution >= 0.6 is 0 Å². The second-order valence-electron chi connectivity index (χ2n) is 5.87. The topological polar surface area (TPSA) is 55.1 Å². The van der Waals surface area contributed by atoms with Gasteiger partial charge in [-0.1, -0.05) is 51.1 Å². The fourth-order valence-electron chi connectivity index (χ4n) is 1.68. The second kappa shape index (κ2) is 7.29. The van der Waals surface area contributed by atoms with Crippen LogP contribution in [0.1, 0.15) is 39.2 Å². The van der Waals surface area contributed by atoms with Crippen molar-refractivity contribution in [3.8, 4) is 0 Å². The first-order valence-electron chi connectivity index (χ1n) is 7.02. The van der Waals surface area contributed by atoms with E-state index in [0.29, 0.717) is 13.0 Å². The molecule has 0 heterocycles. The molecule has 19 heavy (non-hydrogen) atoms. The zero-order chi connectivity index (χ0) is 14.3. The summed E-state index contributed by atoms with van der Waals surface area (Å²) in [6.07, 6.45) is 2.56. The molecule has 1 rings (SSSR count). The average molecular weight is 262 g/mol. The predicted octanol–water partition coefficient (Wildman–Crippen LogP) is 2.50. The zero-order valence-corrected chi connectivity index (χ0v) is 12.3. The fourth-order valence-corrected chi connectivity index (χ4v) is 1.68. The van der Waals surface area contributed by atoms with Crippen molar-refractivity contribution in [2.45, 2.75) is 46.1 Å². The molecule has 1 atom stereocenters. The normalized spacial score (nSPS) is 13.1. The number of nitrogens with two attached hydrogens (primary N) is 1. The molecular weight excluding hydrogens is 236 g/mol. The molecule has 0 saturated heterocycles. The Kier molecular flexibility index (Phi) is 6.03. The molecule has 0 fully saturated rings. The smallest absolute Gasteiger partial charge is 0.236 e. The number of hydrogen-bond acceptors (Lipinski definition) is 2. The van der Waals surface area contributed by atoms with Crippen LogP contribution in [0.15, 0.2) is 30.3 Å². The third-order valence-corrected chi connectivity index (χ3v) is 3.62. The van der Waals surface area contributed by atoms with Gasteiger partial charge >= 0.3 is 0 Å². The van der Waals surface area contributed by atoms with Crippen molar-refractivity contribution in [1.29, 1.82) is 0 Å². The molecule has 3 N–H and O–H groups in total. The first-order chi connectivity index (χ1) is 8.94. The van der Waals surface area contributed by atoms with E-state index in [9.17, 15) is 4.79 Å². The summed E-state index contributed by atoms with van der Waals surface area (Å²) in [7, 11) is 0. The minimum atomic E-state index is -0.423. The van der Waals surface area contributed by atoms with E-state index in [1.807, 2.05) is 18.2 Å². The maximum absolute atomic E-state index is 11.9. The third kappa shape index (κ3) is 5.88. The van der Waals surface area contributed by atoms with Crippen LogP contribution in [0.25, 0.3) is 0 Å². The summed E-state index contributed by atoms with van der Waals surface area (Å²) in [5.41, 5.74) is 7.28. The molecular formula is C16H26N2O. The number of rotatable bonds is 7. The summed E-state index contributed by atoms with van der Waals surface area (Å²) >= 11 is 0. The van der Waals surface area contributed by atoms with E-state index >= 15 is 0 Å². The van der Waals surface area contributed by atoms with Crippen LogP contribution in [0, 0.1) is 5.41 Å². The lowest BCUT2D eigenvalue weighted by molar-refractivity contribution is -0.122. The van der Waals surface area contributed by atoms with Gasteiger partial charge < -0.3 is 11.1 Å². The molecule has 0 aliphatic carbocycles. The van der Waals surface area contributed by atoms with Gasteiger partial charge in [0.2, 0.25) is 5.91 Å². The minimum Gasteiger partial charge on any atom is -0.354 e.